The number of hydrogen-bond acceptors (Lipinski definition) is 3. The normalized spacial score (nSPS) is 18.2. The molecule has 1 amide bonds. The van der Waals surface area contributed by atoms with E-state index in [2.05, 4.69) is 0 Å². The minimum atomic E-state index is -3.28. The van der Waals surface area contributed by atoms with Crippen LogP contribution in [0.15, 0.2) is 60.0 Å². The van der Waals surface area contributed by atoms with Gasteiger partial charge in [0.15, 0.2) is 9.84 Å². The van der Waals surface area contributed by atoms with Gasteiger partial charge in [-0.3, -0.25) is 4.79 Å². The van der Waals surface area contributed by atoms with Crippen molar-refractivity contribution in [2.75, 3.05) is 10.7 Å². The molecule has 6 heteroatoms. The topological polar surface area (TPSA) is 54.5 Å². The minimum absolute atomic E-state index is 0.112. The number of sulfone groups is 1. The second-order valence-corrected chi connectivity index (χ2v) is 8.42. The first-order chi connectivity index (χ1) is 11.9. The highest BCUT2D eigenvalue weighted by Gasteiger charge is 2.31. The van der Waals surface area contributed by atoms with Gasteiger partial charge in [-0.15, -0.1) is 0 Å². The number of nitrogens with zero attached hydrogens (tertiary/aromatic N) is 1. The predicted octanol–water partition coefficient (Wildman–Crippen LogP) is 3.53. The van der Waals surface area contributed by atoms with Crippen molar-refractivity contribution in [2.45, 2.75) is 19.4 Å². The number of amides is 1. The van der Waals surface area contributed by atoms with Crippen molar-refractivity contribution in [2.24, 2.45) is 0 Å². The Bertz CT molecular complexity index is 923. The Balaban J connectivity index is 1.95. The first kappa shape index (κ1) is 17.7. The van der Waals surface area contributed by atoms with E-state index in [1.807, 2.05) is 43.3 Å². The maximum absolute atomic E-state index is 13.0. The molecule has 4 nitrogen and oxygen atoms in total. The molecule has 1 heterocycles. The van der Waals surface area contributed by atoms with Gasteiger partial charge in [0.2, 0.25) is 5.91 Å². The molecular formula is C19H18ClNO3S. The van der Waals surface area contributed by atoms with Crippen LogP contribution in [-0.2, 0) is 21.1 Å². The summed E-state index contributed by atoms with van der Waals surface area (Å²) in [7, 11) is -3.28. The smallest absolute Gasteiger partial charge is 0.231 e. The summed E-state index contributed by atoms with van der Waals surface area (Å²) in [5.41, 5.74) is 2.37. The summed E-state index contributed by atoms with van der Waals surface area (Å²) >= 11 is 6.21. The number of halogens is 1. The monoisotopic (exact) mass is 375 g/mol. The maximum Gasteiger partial charge on any atom is 0.231 e. The number of anilines is 1. The van der Waals surface area contributed by atoms with Gasteiger partial charge in [0, 0.05) is 16.1 Å². The second kappa shape index (κ2) is 7.02. The Morgan fingerprint density at radius 2 is 1.92 bits per heavy atom. The van der Waals surface area contributed by atoms with Crippen LogP contribution in [0.2, 0.25) is 5.02 Å². The summed E-state index contributed by atoms with van der Waals surface area (Å²) in [6.45, 7) is 1.88. The molecule has 2 aromatic carbocycles. The second-order valence-electron chi connectivity index (χ2n) is 6.09. The van der Waals surface area contributed by atoms with Gasteiger partial charge in [-0.25, -0.2) is 8.42 Å². The molecular weight excluding hydrogens is 358 g/mol. The first-order valence-corrected chi connectivity index (χ1v) is 9.98. The highest BCUT2D eigenvalue weighted by Crippen LogP contribution is 2.28. The van der Waals surface area contributed by atoms with Gasteiger partial charge in [0.05, 0.1) is 18.2 Å². The van der Waals surface area contributed by atoms with Gasteiger partial charge >= 0.3 is 0 Å². The Morgan fingerprint density at radius 1 is 1.20 bits per heavy atom. The van der Waals surface area contributed by atoms with Gasteiger partial charge in [0.1, 0.15) is 0 Å². The van der Waals surface area contributed by atoms with Crippen molar-refractivity contribution in [1.82, 2.24) is 0 Å². The van der Waals surface area contributed by atoms with E-state index in [0.717, 1.165) is 11.1 Å². The fourth-order valence-electron chi connectivity index (χ4n) is 2.83. The number of benzene rings is 2. The van der Waals surface area contributed by atoms with Crippen molar-refractivity contribution in [3.63, 3.8) is 0 Å². The number of hydrogen-bond donors (Lipinski definition) is 0. The summed E-state index contributed by atoms with van der Waals surface area (Å²) in [6.07, 6.45) is 1.75. The van der Waals surface area contributed by atoms with Crippen molar-refractivity contribution in [1.29, 1.82) is 0 Å². The summed E-state index contributed by atoms with van der Waals surface area (Å²) in [4.78, 5) is 14.5. The average molecular weight is 376 g/mol. The standard InChI is InChI=1S/C19H18ClNO3S/c1-14-7-8-16(12-18(14)20)21(17-9-10-25(23,24)13-17)19(22)11-15-5-3-2-4-6-15/h2-10,12,17H,11,13H2,1H3/t17-/m1/s1. The quantitative estimate of drug-likeness (QED) is 0.821. The summed E-state index contributed by atoms with van der Waals surface area (Å²) in [6, 6.07) is 14.2. The van der Waals surface area contributed by atoms with Gasteiger partial charge in [-0.1, -0.05) is 48.0 Å². The Labute approximate surface area is 152 Å². The lowest BCUT2D eigenvalue weighted by Crippen LogP contribution is -2.42. The lowest BCUT2D eigenvalue weighted by Gasteiger charge is -2.28. The molecule has 2 aromatic rings. The van der Waals surface area contributed by atoms with Crippen LogP contribution in [0.1, 0.15) is 11.1 Å². The van der Waals surface area contributed by atoms with E-state index in [0.29, 0.717) is 10.7 Å². The van der Waals surface area contributed by atoms with Gasteiger partial charge in [-0.05, 0) is 36.3 Å². The fourth-order valence-corrected chi connectivity index (χ4v) is 4.27. The minimum Gasteiger partial charge on any atom is -0.304 e. The lowest BCUT2D eigenvalue weighted by atomic mass is 10.1. The molecule has 1 aliphatic rings. The molecule has 3 rings (SSSR count). The number of rotatable bonds is 4. The fraction of sp³-hybridized carbons (Fsp3) is 0.211. The first-order valence-electron chi connectivity index (χ1n) is 7.89. The third kappa shape index (κ3) is 4.11. The Kier molecular flexibility index (Phi) is 4.97. The predicted molar refractivity (Wildman–Crippen MR) is 101 cm³/mol. The van der Waals surface area contributed by atoms with E-state index < -0.39 is 15.9 Å². The molecule has 0 fully saturated rings. The van der Waals surface area contributed by atoms with E-state index in [1.54, 1.807) is 18.2 Å². The van der Waals surface area contributed by atoms with Crippen LogP contribution in [-0.4, -0.2) is 26.1 Å². The lowest BCUT2D eigenvalue weighted by molar-refractivity contribution is -0.118. The average Bonchev–Trinajstić information content (AvgIpc) is 2.91. The Morgan fingerprint density at radius 3 is 2.52 bits per heavy atom. The molecule has 0 aliphatic carbocycles. The van der Waals surface area contributed by atoms with E-state index >= 15 is 0 Å². The third-order valence-corrected chi connectivity index (χ3v) is 5.93. The molecule has 25 heavy (non-hydrogen) atoms. The molecule has 1 aliphatic heterocycles. The summed E-state index contributed by atoms with van der Waals surface area (Å²) < 4.78 is 23.7. The third-order valence-electron chi connectivity index (χ3n) is 4.14. The van der Waals surface area contributed by atoms with Crippen molar-refractivity contribution < 1.29 is 13.2 Å². The number of aryl methyl sites for hydroxylation is 1. The van der Waals surface area contributed by atoms with Crippen molar-refractivity contribution >= 4 is 33.0 Å². The van der Waals surface area contributed by atoms with Crippen LogP contribution in [0, 0.1) is 6.92 Å². The molecule has 0 aromatic heterocycles. The Hall–Kier alpha value is -2.11. The molecule has 0 saturated heterocycles. The highest BCUT2D eigenvalue weighted by atomic mass is 35.5. The molecule has 0 saturated carbocycles. The zero-order chi connectivity index (χ0) is 18.0. The van der Waals surface area contributed by atoms with Gasteiger partial charge < -0.3 is 4.90 Å². The maximum atomic E-state index is 13.0. The van der Waals surface area contributed by atoms with Crippen LogP contribution < -0.4 is 4.90 Å². The van der Waals surface area contributed by atoms with Crippen LogP contribution in [0.25, 0.3) is 0 Å². The van der Waals surface area contributed by atoms with Crippen LogP contribution >= 0.6 is 11.6 Å². The van der Waals surface area contributed by atoms with E-state index in [4.69, 9.17) is 11.6 Å². The largest absolute Gasteiger partial charge is 0.304 e. The van der Waals surface area contributed by atoms with Gasteiger partial charge in [-0.2, -0.15) is 0 Å². The zero-order valence-corrected chi connectivity index (χ0v) is 15.3. The summed E-state index contributed by atoms with van der Waals surface area (Å²) in [5.74, 6) is -0.281. The molecule has 0 bridgehead atoms. The van der Waals surface area contributed by atoms with Crippen molar-refractivity contribution in [3.8, 4) is 0 Å². The van der Waals surface area contributed by atoms with Crippen LogP contribution in [0.4, 0.5) is 5.69 Å². The molecule has 130 valence electrons. The summed E-state index contributed by atoms with van der Waals surface area (Å²) in [5, 5.41) is 1.72. The molecule has 0 N–H and O–H groups in total. The van der Waals surface area contributed by atoms with Gasteiger partial charge in [0.25, 0.3) is 0 Å². The van der Waals surface area contributed by atoms with E-state index in [9.17, 15) is 13.2 Å². The van der Waals surface area contributed by atoms with E-state index in [1.165, 1.54) is 10.3 Å². The molecule has 1 atom stereocenters. The molecule has 0 unspecified atom stereocenters. The highest BCUT2D eigenvalue weighted by molar-refractivity contribution is 7.94. The SMILES string of the molecule is Cc1ccc(N(C(=O)Cc2ccccc2)[C@@H]2C=CS(=O)(=O)C2)cc1Cl. The number of carbonyl (C=O) groups is 1. The van der Waals surface area contributed by atoms with Crippen LogP contribution in [0.5, 0.6) is 0 Å². The van der Waals surface area contributed by atoms with Crippen LogP contribution in [0.3, 0.4) is 0 Å². The molecule has 0 spiro atoms. The number of carbonyl (C=O) groups excluding carboxylic acids is 1. The molecule has 0 radical (unpaired) electrons. The van der Waals surface area contributed by atoms with Crippen molar-refractivity contribution in [3.05, 3.63) is 76.2 Å². The zero-order valence-electron chi connectivity index (χ0n) is 13.7. The van der Waals surface area contributed by atoms with E-state index in [-0.39, 0.29) is 18.1 Å².